The molecular formula is C26H18F4N2O3. The van der Waals surface area contributed by atoms with Gasteiger partial charge in [-0.15, -0.1) is 0 Å². The minimum atomic E-state index is -1.16. The Hall–Kier alpha value is -3.98. The van der Waals surface area contributed by atoms with Gasteiger partial charge in [0, 0.05) is 29.4 Å². The third kappa shape index (κ3) is 3.97. The number of amides is 1. The summed E-state index contributed by atoms with van der Waals surface area (Å²) >= 11 is 0. The molecule has 1 atom stereocenters. The third-order valence-electron chi connectivity index (χ3n) is 6.20. The number of halogens is 4. The number of pyridine rings is 1. The van der Waals surface area contributed by atoms with Crippen molar-refractivity contribution in [1.29, 1.82) is 0 Å². The highest BCUT2D eigenvalue weighted by Gasteiger charge is 2.31. The van der Waals surface area contributed by atoms with Crippen LogP contribution < -0.4 is 5.56 Å². The summed E-state index contributed by atoms with van der Waals surface area (Å²) in [7, 11) is 1.48. The highest BCUT2D eigenvalue weighted by Crippen LogP contribution is 2.34. The lowest BCUT2D eigenvalue weighted by Crippen LogP contribution is -2.37. The van der Waals surface area contributed by atoms with E-state index in [1.54, 1.807) is 0 Å². The van der Waals surface area contributed by atoms with Crippen molar-refractivity contribution in [3.8, 4) is 11.1 Å². The van der Waals surface area contributed by atoms with Gasteiger partial charge in [0.05, 0.1) is 24.6 Å². The van der Waals surface area contributed by atoms with Crippen molar-refractivity contribution in [2.75, 3.05) is 13.7 Å². The van der Waals surface area contributed by atoms with Crippen LogP contribution in [0.2, 0.25) is 0 Å². The Kier molecular flexibility index (Phi) is 5.64. The van der Waals surface area contributed by atoms with Crippen molar-refractivity contribution in [3.63, 3.8) is 0 Å². The quantitative estimate of drug-likeness (QED) is 0.414. The monoisotopic (exact) mass is 482 g/mol. The van der Waals surface area contributed by atoms with Crippen molar-refractivity contribution in [2.24, 2.45) is 0 Å². The summed E-state index contributed by atoms with van der Waals surface area (Å²) in [6.07, 6.45) is 0. The SMILES string of the molecule is CN(C(=O)c1ccc(-c2ccc(F)cc2)c(F)c1)C1COCc2[nH]c(=O)c3cc(F)c(F)cc3c21. The molecule has 0 bridgehead atoms. The number of aromatic amines is 1. The smallest absolute Gasteiger partial charge is 0.256 e. The number of rotatable bonds is 3. The van der Waals surface area contributed by atoms with E-state index >= 15 is 0 Å². The van der Waals surface area contributed by atoms with E-state index in [1.807, 2.05) is 0 Å². The molecular weight excluding hydrogens is 464 g/mol. The Bertz CT molecular complexity index is 1530. The van der Waals surface area contributed by atoms with Gasteiger partial charge in [-0.2, -0.15) is 0 Å². The van der Waals surface area contributed by atoms with Gasteiger partial charge in [-0.1, -0.05) is 18.2 Å². The zero-order valence-electron chi connectivity index (χ0n) is 18.4. The van der Waals surface area contributed by atoms with Gasteiger partial charge >= 0.3 is 0 Å². The number of ether oxygens (including phenoxy) is 1. The fourth-order valence-corrected chi connectivity index (χ4v) is 4.40. The first-order valence-electron chi connectivity index (χ1n) is 10.7. The van der Waals surface area contributed by atoms with Crippen LogP contribution in [0, 0.1) is 23.3 Å². The summed E-state index contributed by atoms with van der Waals surface area (Å²) < 4.78 is 61.5. The highest BCUT2D eigenvalue weighted by atomic mass is 19.2. The molecule has 1 aliphatic heterocycles. The predicted molar refractivity (Wildman–Crippen MR) is 121 cm³/mol. The number of nitrogens with zero attached hydrogens (tertiary/aromatic N) is 1. The van der Waals surface area contributed by atoms with Crippen LogP contribution in [0.4, 0.5) is 17.6 Å². The van der Waals surface area contributed by atoms with Gasteiger partial charge < -0.3 is 14.6 Å². The van der Waals surface area contributed by atoms with Gasteiger partial charge in [0.25, 0.3) is 11.5 Å². The van der Waals surface area contributed by atoms with Crippen molar-refractivity contribution in [3.05, 3.63) is 105 Å². The summed E-state index contributed by atoms with van der Waals surface area (Å²) in [6, 6.07) is 10.3. The Morgan fingerprint density at radius 3 is 2.31 bits per heavy atom. The predicted octanol–water partition coefficient (Wildman–Crippen LogP) is 5.10. The lowest BCUT2D eigenvalue weighted by Gasteiger charge is -2.34. The van der Waals surface area contributed by atoms with Crippen LogP contribution >= 0.6 is 0 Å². The molecule has 0 fully saturated rings. The number of benzene rings is 3. The summed E-state index contributed by atoms with van der Waals surface area (Å²) in [5.41, 5.74) is 0.890. The molecule has 5 nitrogen and oxygen atoms in total. The number of fused-ring (bicyclic) bond motifs is 3. The van der Waals surface area contributed by atoms with Crippen LogP contribution in [-0.2, 0) is 11.3 Å². The van der Waals surface area contributed by atoms with E-state index in [4.69, 9.17) is 4.74 Å². The Morgan fingerprint density at radius 1 is 0.943 bits per heavy atom. The van der Waals surface area contributed by atoms with Crippen LogP contribution in [-0.4, -0.2) is 29.4 Å². The van der Waals surface area contributed by atoms with E-state index in [0.717, 1.165) is 18.2 Å². The molecule has 0 radical (unpaired) electrons. The number of carbonyl (C=O) groups is 1. The van der Waals surface area contributed by atoms with E-state index in [-0.39, 0.29) is 35.1 Å². The molecule has 9 heteroatoms. The summed E-state index contributed by atoms with van der Waals surface area (Å²) in [5.74, 6) is -3.94. The molecule has 0 aliphatic carbocycles. The molecule has 178 valence electrons. The highest BCUT2D eigenvalue weighted by molar-refractivity contribution is 5.95. The normalized spacial score (nSPS) is 15.2. The maximum Gasteiger partial charge on any atom is 0.256 e. The Labute approximate surface area is 196 Å². The number of H-pyrrole nitrogens is 1. The maximum atomic E-state index is 14.9. The number of likely N-dealkylation sites (N-methyl/N-ethyl adjacent to an activating group) is 1. The van der Waals surface area contributed by atoms with Gasteiger partial charge in [-0.05, 0) is 47.3 Å². The van der Waals surface area contributed by atoms with Crippen molar-refractivity contribution in [1.82, 2.24) is 9.88 Å². The average Bonchev–Trinajstić information content (AvgIpc) is 2.84. The van der Waals surface area contributed by atoms with Crippen LogP contribution in [0.25, 0.3) is 21.9 Å². The van der Waals surface area contributed by atoms with Crippen LogP contribution in [0.5, 0.6) is 0 Å². The molecule has 0 spiro atoms. The fourth-order valence-electron chi connectivity index (χ4n) is 4.40. The second-order valence-corrected chi connectivity index (χ2v) is 8.31. The molecule has 2 heterocycles. The zero-order valence-corrected chi connectivity index (χ0v) is 18.4. The van der Waals surface area contributed by atoms with Crippen molar-refractivity contribution in [2.45, 2.75) is 12.6 Å². The van der Waals surface area contributed by atoms with Gasteiger partial charge in [0.1, 0.15) is 11.6 Å². The number of aromatic nitrogens is 1. The average molecular weight is 482 g/mol. The van der Waals surface area contributed by atoms with Crippen molar-refractivity contribution < 1.29 is 27.1 Å². The molecule has 4 aromatic rings. The van der Waals surface area contributed by atoms with Gasteiger partial charge in [-0.25, -0.2) is 17.6 Å². The van der Waals surface area contributed by atoms with Gasteiger partial charge in [0.2, 0.25) is 0 Å². The minimum absolute atomic E-state index is 0.0268. The number of nitrogens with one attached hydrogen (secondary N) is 1. The van der Waals surface area contributed by atoms with Crippen molar-refractivity contribution >= 4 is 16.7 Å². The fraction of sp³-hybridized carbons (Fsp3) is 0.154. The molecule has 35 heavy (non-hydrogen) atoms. The molecule has 1 amide bonds. The topological polar surface area (TPSA) is 62.4 Å². The van der Waals surface area contributed by atoms with Crippen LogP contribution in [0.1, 0.15) is 27.7 Å². The van der Waals surface area contributed by atoms with E-state index in [2.05, 4.69) is 4.98 Å². The minimum Gasteiger partial charge on any atom is -0.373 e. The lowest BCUT2D eigenvalue weighted by atomic mass is 9.95. The lowest BCUT2D eigenvalue weighted by molar-refractivity contribution is 0.0335. The molecule has 5 rings (SSSR count). The molecule has 0 saturated carbocycles. The number of hydrogen-bond donors (Lipinski definition) is 1. The van der Waals surface area contributed by atoms with E-state index in [9.17, 15) is 27.2 Å². The van der Waals surface area contributed by atoms with Crippen LogP contribution in [0.3, 0.4) is 0 Å². The Balaban J connectivity index is 1.53. The first kappa shape index (κ1) is 22.8. The largest absolute Gasteiger partial charge is 0.373 e. The molecule has 1 unspecified atom stereocenters. The third-order valence-corrected chi connectivity index (χ3v) is 6.20. The van der Waals surface area contributed by atoms with Crippen LogP contribution in [0.15, 0.2) is 59.4 Å². The van der Waals surface area contributed by atoms with E-state index < -0.39 is 40.8 Å². The summed E-state index contributed by atoms with van der Waals surface area (Å²) in [6.45, 7) is 0.0601. The zero-order chi connectivity index (χ0) is 24.9. The first-order valence-corrected chi connectivity index (χ1v) is 10.7. The maximum absolute atomic E-state index is 14.9. The van der Waals surface area contributed by atoms with E-state index in [0.29, 0.717) is 16.8 Å². The number of carbonyl (C=O) groups excluding carboxylic acids is 1. The molecule has 3 aromatic carbocycles. The Morgan fingerprint density at radius 2 is 1.63 bits per heavy atom. The number of hydrogen-bond acceptors (Lipinski definition) is 3. The van der Waals surface area contributed by atoms with E-state index in [1.165, 1.54) is 48.3 Å². The second kappa shape index (κ2) is 8.66. The van der Waals surface area contributed by atoms with Gasteiger partial charge in [0.15, 0.2) is 11.6 Å². The molecule has 1 aliphatic rings. The first-order chi connectivity index (χ1) is 16.7. The standard InChI is InChI=1S/C26H18F4N2O3/c1-32(26(34)14-4-7-16(19(28)8-14)13-2-5-15(27)6-3-13)23-12-35-11-22-24(23)17-9-20(29)21(30)10-18(17)25(33)31-22/h2-10,23H,11-12H2,1H3,(H,31,33). The molecule has 0 saturated heterocycles. The summed E-state index contributed by atoms with van der Waals surface area (Å²) in [5, 5.41) is 0.124. The second-order valence-electron chi connectivity index (χ2n) is 8.31. The summed E-state index contributed by atoms with van der Waals surface area (Å²) in [4.78, 5) is 29.6. The molecule has 1 aromatic heterocycles. The molecule has 1 N–H and O–H groups in total. The van der Waals surface area contributed by atoms with Gasteiger partial charge in [-0.3, -0.25) is 9.59 Å².